The van der Waals surface area contributed by atoms with Crippen molar-refractivity contribution in [3.63, 3.8) is 0 Å². The van der Waals surface area contributed by atoms with Crippen LogP contribution in [0.4, 0.5) is 13.2 Å². The standard InChI is InChI=1S/C11H7ClF3NO4S/c1-19-9-4-6-7(12)2-3-16-8(6)5-10(9)20-21(17,18)11(13,14)15/h2-5H,1H3. The fourth-order valence-electron chi connectivity index (χ4n) is 1.51. The molecule has 1 aromatic heterocycles. The Balaban J connectivity index is 2.59. The molecule has 1 heterocycles. The van der Waals surface area contributed by atoms with Gasteiger partial charge in [-0.15, -0.1) is 0 Å². The van der Waals surface area contributed by atoms with Gasteiger partial charge in [0.1, 0.15) is 0 Å². The van der Waals surface area contributed by atoms with Crippen LogP contribution in [0.3, 0.4) is 0 Å². The first-order chi connectivity index (χ1) is 9.65. The molecule has 0 fully saturated rings. The maximum atomic E-state index is 12.3. The van der Waals surface area contributed by atoms with Crippen LogP contribution in [-0.4, -0.2) is 26.0 Å². The average Bonchev–Trinajstić information content (AvgIpc) is 2.36. The molecule has 2 rings (SSSR count). The number of methoxy groups -OCH3 is 1. The first-order valence-corrected chi connectivity index (χ1v) is 7.07. The van der Waals surface area contributed by atoms with Gasteiger partial charge in [-0.05, 0) is 12.1 Å². The van der Waals surface area contributed by atoms with Crippen molar-refractivity contribution in [2.75, 3.05) is 7.11 Å². The molecule has 0 aliphatic carbocycles. The van der Waals surface area contributed by atoms with E-state index >= 15 is 0 Å². The van der Waals surface area contributed by atoms with E-state index in [2.05, 4.69) is 9.17 Å². The zero-order valence-corrected chi connectivity index (χ0v) is 11.9. The molecule has 0 amide bonds. The molecule has 0 spiro atoms. The lowest BCUT2D eigenvalue weighted by molar-refractivity contribution is -0.0500. The van der Waals surface area contributed by atoms with E-state index in [-0.39, 0.29) is 16.3 Å². The molecule has 1 aromatic carbocycles. The Labute approximate surface area is 122 Å². The van der Waals surface area contributed by atoms with E-state index in [0.717, 1.165) is 13.2 Å². The quantitative estimate of drug-likeness (QED) is 0.634. The molecule has 0 N–H and O–H groups in total. The Morgan fingerprint density at radius 3 is 2.48 bits per heavy atom. The van der Waals surface area contributed by atoms with Crippen LogP contribution in [0.5, 0.6) is 11.5 Å². The van der Waals surface area contributed by atoms with Gasteiger partial charge in [-0.25, -0.2) is 0 Å². The molecule has 0 radical (unpaired) electrons. The second-order valence-corrected chi connectivity index (χ2v) is 5.74. The third kappa shape index (κ3) is 2.98. The van der Waals surface area contributed by atoms with Gasteiger partial charge >= 0.3 is 15.6 Å². The van der Waals surface area contributed by atoms with Crippen LogP contribution in [0.25, 0.3) is 10.9 Å². The monoisotopic (exact) mass is 341 g/mol. The van der Waals surface area contributed by atoms with Crippen molar-refractivity contribution in [1.82, 2.24) is 4.98 Å². The predicted octanol–water partition coefficient (Wildman–Crippen LogP) is 3.13. The largest absolute Gasteiger partial charge is 0.534 e. The highest BCUT2D eigenvalue weighted by molar-refractivity contribution is 7.88. The Kier molecular flexibility index (Phi) is 3.89. The maximum absolute atomic E-state index is 12.3. The normalized spacial score (nSPS) is 12.4. The molecule has 0 aliphatic rings. The molecule has 0 saturated carbocycles. The van der Waals surface area contributed by atoms with Crippen LogP contribution in [0.2, 0.25) is 5.02 Å². The van der Waals surface area contributed by atoms with Crippen molar-refractivity contribution in [3.05, 3.63) is 29.4 Å². The van der Waals surface area contributed by atoms with Crippen LogP contribution in [0.1, 0.15) is 0 Å². The number of rotatable bonds is 3. The number of halogens is 4. The van der Waals surface area contributed by atoms with Gasteiger partial charge < -0.3 is 8.92 Å². The first-order valence-electron chi connectivity index (χ1n) is 5.29. The summed E-state index contributed by atoms with van der Waals surface area (Å²) < 4.78 is 68.0. The summed E-state index contributed by atoms with van der Waals surface area (Å²) in [6.07, 6.45) is 1.32. The van der Waals surface area contributed by atoms with Crippen LogP contribution in [0.15, 0.2) is 24.4 Å². The fourth-order valence-corrected chi connectivity index (χ4v) is 2.18. The van der Waals surface area contributed by atoms with E-state index in [0.29, 0.717) is 5.39 Å². The molecule has 10 heteroatoms. The average molecular weight is 342 g/mol. The predicted molar refractivity (Wildman–Crippen MR) is 68.9 cm³/mol. The molecular weight excluding hydrogens is 335 g/mol. The summed E-state index contributed by atoms with van der Waals surface area (Å²) in [5, 5.41) is 0.663. The van der Waals surface area contributed by atoms with Gasteiger partial charge in [-0.2, -0.15) is 21.6 Å². The summed E-state index contributed by atoms with van der Waals surface area (Å²) in [5.74, 6) is -0.845. The van der Waals surface area contributed by atoms with Gasteiger partial charge in [0.05, 0.1) is 17.6 Å². The van der Waals surface area contributed by atoms with Crippen LogP contribution in [-0.2, 0) is 10.1 Å². The lowest BCUT2D eigenvalue weighted by Crippen LogP contribution is -2.28. The number of hydrogen-bond acceptors (Lipinski definition) is 5. The number of alkyl halides is 3. The van der Waals surface area contributed by atoms with Gasteiger partial charge in [-0.1, -0.05) is 11.6 Å². The molecule has 0 atom stereocenters. The number of ether oxygens (including phenoxy) is 1. The summed E-state index contributed by atoms with van der Waals surface area (Å²) in [6, 6.07) is 3.71. The Hall–Kier alpha value is -1.74. The summed E-state index contributed by atoms with van der Waals surface area (Å²) in [4.78, 5) is 3.87. The number of benzene rings is 1. The minimum atomic E-state index is -5.80. The first kappa shape index (κ1) is 15.6. The molecule has 2 aromatic rings. The second-order valence-electron chi connectivity index (χ2n) is 3.80. The van der Waals surface area contributed by atoms with Gasteiger partial charge in [0.25, 0.3) is 0 Å². The number of nitrogens with zero attached hydrogens (tertiary/aromatic N) is 1. The zero-order chi connectivity index (χ0) is 15.8. The van der Waals surface area contributed by atoms with Crippen molar-refractivity contribution in [3.8, 4) is 11.5 Å². The van der Waals surface area contributed by atoms with Crippen molar-refractivity contribution < 1.29 is 30.5 Å². The molecule has 21 heavy (non-hydrogen) atoms. The summed E-state index contributed by atoms with van der Waals surface area (Å²) in [6.45, 7) is 0. The second kappa shape index (κ2) is 5.23. The SMILES string of the molecule is COc1cc2c(Cl)ccnc2cc1OS(=O)(=O)C(F)(F)F. The van der Waals surface area contributed by atoms with E-state index in [1.807, 2.05) is 0 Å². The number of fused-ring (bicyclic) bond motifs is 1. The summed E-state index contributed by atoms with van der Waals surface area (Å²) in [5.41, 5.74) is -5.38. The fraction of sp³-hybridized carbons (Fsp3) is 0.182. The smallest absolute Gasteiger partial charge is 0.493 e. The minimum absolute atomic E-state index is 0.163. The van der Waals surface area contributed by atoms with E-state index in [1.165, 1.54) is 18.3 Å². The lowest BCUT2D eigenvalue weighted by atomic mass is 10.2. The van der Waals surface area contributed by atoms with Gasteiger partial charge in [-0.3, -0.25) is 4.98 Å². The number of aromatic nitrogens is 1. The topological polar surface area (TPSA) is 65.5 Å². The molecule has 0 aliphatic heterocycles. The highest BCUT2D eigenvalue weighted by atomic mass is 35.5. The Bertz CT molecular complexity index is 792. The molecule has 114 valence electrons. The molecule has 0 saturated heterocycles. The van der Waals surface area contributed by atoms with Crippen LogP contribution >= 0.6 is 11.6 Å². The molecule has 5 nitrogen and oxygen atoms in total. The summed E-state index contributed by atoms with van der Waals surface area (Å²) >= 11 is 5.91. The van der Waals surface area contributed by atoms with Crippen molar-refractivity contribution in [1.29, 1.82) is 0 Å². The Morgan fingerprint density at radius 1 is 1.24 bits per heavy atom. The van der Waals surface area contributed by atoms with Crippen molar-refractivity contribution >= 4 is 32.6 Å². The Morgan fingerprint density at radius 2 is 1.90 bits per heavy atom. The van der Waals surface area contributed by atoms with Crippen molar-refractivity contribution in [2.24, 2.45) is 0 Å². The van der Waals surface area contributed by atoms with Gasteiger partial charge in [0.15, 0.2) is 11.5 Å². The summed E-state index contributed by atoms with van der Waals surface area (Å²) in [7, 11) is -4.65. The van der Waals surface area contributed by atoms with E-state index in [1.54, 1.807) is 0 Å². The minimum Gasteiger partial charge on any atom is -0.493 e. The third-order valence-electron chi connectivity index (χ3n) is 2.46. The molecule has 0 bridgehead atoms. The maximum Gasteiger partial charge on any atom is 0.534 e. The van der Waals surface area contributed by atoms with Crippen LogP contribution in [0, 0.1) is 0 Å². The highest BCUT2D eigenvalue weighted by Crippen LogP contribution is 2.37. The number of pyridine rings is 1. The highest BCUT2D eigenvalue weighted by Gasteiger charge is 2.49. The zero-order valence-electron chi connectivity index (χ0n) is 10.3. The lowest BCUT2D eigenvalue weighted by Gasteiger charge is -2.13. The van der Waals surface area contributed by atoms with E-state index < -0.39 is 21.4 Å². The van der Waals surface area contributed by atoms with Crippen molar-refractivity contribution in [2.45, 2.75) is 5.51 Å². The van der Waals surface area contributed by atoms with E-state index in [4.69, 9.17) is 16.3 Å². The van der Waals surface area contributed by atoms with Gasteiger partial charge in [0.2, 0.25) is 0 Å². The third-order valence-corrected chi connectivity index (χ3v) is 3.75. The molecule has 0 unspecified atom stereocenters. The van der Waals surface area contributed by atoms with E-state index in [9.17, 15) is 21.6 Å². The number of hydrogen-bond donors (Lipinski definition) is 0. The molecular formula is C11H7ClF3NO4S. The van der Waals surface area contributed by atoms with Gasteiger partial charge in [0, 0.05) is 17.6 Å². The van der Waals surface area contributed by atoms with Crippen LogP contribution < -0.4 is 8.92 Å².